The number of halogens is 2. The van der Waals surface area contributed by atoms with Crippen LogP contribution in [0.5, 0.6) is 0 Å². The lowest BCUT2D eigenvalue weighted by Crippen LogP contribution is -2.46. The Morgan fingerprint density at radius 3 is 2.40 bits per heavy atom. The molecule has 1 rings (SSSR count). The molecule has 0 fully saturated rings. The van der Waals surface area contributed by atoms with Crippen molar-refractivity contribution in [1.82, 2.24) is 4.90 Å². The van der Waals surface area contributed by atoms with E-state index in [1.165, 1.54) is 5.56 Å². The Kier molecular flexibility index (Phi) is 8.86. The van der Waals surface area contributed by atoms with Crippen molar-refractivity contribution in [1.29, 1.82) is 0 Å². The molecule has 0 bridgehead atoms. The zero-order chi connectivity index (χ0) is 14.4. The zero-order valence-corrected chi connectivity index (χ0v) is 13.9. The smallest absolute Gasteiger partial charge is 0.239 e. The van der Waals surface area contributed by atoms with Crippen molar-refractivity contribution >= 4 is 29.9 Å². The quantitative estimate of drug-likeness (QED) is 0.874. The van der Waals surface area contributed by atoms with Crippen molar-refractivity contribution < 1.29 is 4.79 Å². The molecule has 1 amide bonds. The van der Waals surface area contributed by atoms with Crippen LogP contribution in [-0.4, -0.2) is 29.9 Å². The van der Waals surface area contributed by atoms with Gasteiger partial charge in [-0.25, -0.2) is 0 Å². The van der Waals surface area contributed by atoms with Gasteiger partial charge in [-0.3, -0.25) is 4.79 Å². The predicted octanol–water partition coefficient (Wildman–Crippen LogP) is 3.28. The van der Waals surface area contributed by atoms with E-state index in [9.17, 15) is 4.79 Å². The minimum absolute atomic E-state index is 0. The molecule has 0 aromatic heterocycles. The highest BCUT2D eigenvalue weighted by molar-refractivity contribution is 6.30. The molecule has 2 N–H and O–H groups in total. The number of benzene rings is 1. The molecular weight excluding hydrogens is 295 g/mol. The summed E-state index contributed by atoms with van der Waals surface area (Å²) in [7, 11) is 1.82. The number of hydrogen-bond acceptors (Lipinski definition) is 2. The molecule has 0 aliphatic rings. The van der Waals surface area contributed by atoms with E-state index in [2.05, 4.69) is 0 Å². The highest BCUT2D eigenvalue weighted by Crippen LogP contribution is 2.13. The summed E-state index contributed by atoms with van der Waals surface area (Å²) < 4.78 is 0. The number of carbonyl (C=O) groups is 1. The number of rotatable bonds is 6. The number of carbonyl (C=O) groups excluding carboxylic acids is 1. The van der Waals surface area contributed by atoms with Crippen molar-refractivity contribution in [3.05, 3.63) is 34.9 Å². The predicted molar refractivity (Wildman–Crippen MR) is 87.5 cm³/mol. The molecule has 0 saturated carbocycles. The molecule has 0 spiro atoms. The first kappa shape index (κ1) is 19.2. The highest BCUT2D eigenvalue weighted by Gasteiger charge is 2.21. The number of nitrogens with two attached hydrogens (primary N) is 1. The summed E-state index contributed by atoms with van der Waals surface area (Å²) >= 11 is 5.86. The van der Waals surface area contributed by atoms with Crippen molar-refractivity contribution in [2.75, 3.05) is 7.05 Å². The third-order valence-corrected chi connectivity index (χ3v) is 3.62. The SMILES string of the molecule is CCCC(N)C(=O)N(C)C(C)Cc1ccc(Cl)cc1.Cl. The van der Waals surface area contributed by atoms with Crippen LogP contribution >= 0.6 is 24.0 Å². The number of likely N-dealkylation sites (N-methyl/N-ethyl adjacent to an activating group) is 1. The van der Waals surface area contributed by atoms with Crippen LogP contribution in [0.1, 0.15) is 32.3 Å². The Morgan fingerprint density at radius 2 is 1.90 bits per heavy atom. The minimum atomic E-state index is -0.386. The van der Waals surface area contributed by atoms with Gasteiger partial charge in [0.05, 0.1) is 6.04 Å². The second-order valence-electron chi connectivity index (χ2n) is 5.02. The van der Waals surface area contributed by atoms with Gasteiger partial charge in [0.25, 0.3) is 0 Å². The summed E-state index contributed by atoms with van der Waals surface area (Å²) in [5, 5.41) is 0.728. The molecule has 0 aliphatic carbocycles. The van der Waals surface area contributed by atoms with Crippen molar-refractivity contribution in [3.63, 3.8) is 0 Å². The Hall–Kier alpha value is -0.770. The fraction of sp³-hybridized carbons (Fsp3) is 0.533. The molecule has 1 aromatic rings. The summed E-state index contributed by atoms with van der Waals surface area (Å²) in [6.07, 6.45) is 2.46. The number of amides is 1. The van der Waals surface area contributed by atoms with Crippen LogP contribution in [-0.2, 0) is 11.2 Å². The maximum Gasteiger partial charge on any atom is 0.239 e. The van der Waals surface area contributed by atoms with E-state index >= 15 is 0 Å². The van der Waals surface area contributed by atoms with Gasteiger partial charge in [-0.2, -0.15) is 0 Å². The average molecular weight is 319 g/mol. The third kappa shape index (κ3) is 5.70. The van der Waals surface area contributed by atoms with Crippen LogP contribution in [0.4, 0.5) is 0 Å². The molecule has 20 heavy (non-hydrogen) atoms. The molecule has 1 aromatic carbocycles. The van der Waals surface area contributed by atoms with Crippen molar-refractivity contribution in [2.24, 2.45) is 5.73 Å². The van der Waals surface area contributed by atoms with E-state index in [1.807, 2.05) is 45.2 Å². The fourth-order valence-corrected chi connectivity index (χ4v) is 2.14. The largest absolute Gasteiger partial charge is 0.341 e. The second-order valence-corrected chi connectivity index (χ2v) is 5.46. The van der Waals surface area contributed by atoms with Crippen LogP contribution in [0, 0.1) is 0 Å². The van der Waals surface area contributed by atoms with Crippen LogP contribution in [0.2, 0.25) is 5.02 Å². The van der Waals surface area contributed by atoms with Crippen LogP contribution in [0.3, 0.4) is 0 Å². The van der Waals surface area contributed by atoms with Gasteiger partial charge in [0.1, 0.15) is 0 Å². The molecule has 2 atom stereocenters. The summed E-state index contributed by atoms with van der Waals surface area (Å²) in [4.78, 5) is 13.8. The first-order chi connectivity index (χ1) is 8.95. The normalized spacial score (nSPS) is 13.2. The van der Waals surface area contributed by atoms with E-state index in [0.717, 1.165) is 24.3 Å². The summed E-state index contributed by atoms with van der Waals surface area (Å²) in [6, 6.07) is 7.45. The number of hydrogen-bond donors (Lipinski definition) is 1. The average Bonchev–Trinajstić information content (AvgIpc) is 2.39. The maximum absolute atomic E-state index is 12.1. The second kappa shape index (κ2) is 9.22. The van der Waals surface area contributed by atoms with Crippen molar-refractivity contribution in [3.8, 4) is 0 Å². The van der Waals surface area contributed by atoms with Gasteiger partial charge in [0.15, 0.2) is 0 Å². The topological polar surface area (TPSA) is 46.3 Å². The highest BCUT2D eigenvalue weighted by atomic mass is 35.5. The molecule has 0 heterocycles. The summed E-state index contributed by atoms with van der Waals surface area (Å²) in [5.74, 6) is 0.0170. The van der Waals surface area contributed by atoms with Gasteiger partial charge < -0.3 is 10.6 Å². The molecular formula is C15H24Cl2N2O. The van der Waals surface area contributed by atoms with Gasteiger partial charge >= 0.3 is 0 Å². The van der Waals surface area contributed by atoms with Crippen LogP contribution in [0.25, 0.3) is 0 Å². The molecule has 5 heteroatoms. The Labute approximate surface area is 132 Å². The van der Waals surface area contributed by atoms with Gasteiger partial charge in [-0.05, 0) is 37.5 Å². The first-order valence-corrected chi connectivity index (χ1v) is 7.10. The van der Waals surface area contributed by atoms with E-state index in [4.69, 9.17) is 17.3 Å². The van der Waals surface area contributed by atoms with E-state index in [1.54, 1.807) is 4.90 Å². The Morgan fingerprint density at radius 1 is 1.35 bits per heavy atom. The number of nitrogens with zero attached hydrogens (tertiary/aromatic N) is 1. The van der Waals surface area contributed by atoms with Gasteiger partial charge in [-0.1, -0.05) is 37.1 Å². The molecule has 0 radical (unpaired) electrons. The standard InChI is InChI=1S/C15H23ClN2O.ClH/c1-4-5-14(17)15(19)18(3)11(2)10-12-6-8-13(16)9-7-12;/h6-9,11,14H,4-5,10,17H2,1-3H3;1H. The molecule has 0 saturated heterocycles. The zero-order valence-electron chi connectivity index (χ0n) is 12.3. The molecule has 114 valence electrons. The summed E-state index contributed by atoms with van der Waals surface area (Å²) in [6.45, 7) is 4.06. The van der Waals surface area contributed by atoms with E-state index < -0.39 is 0 Å². The molecule has 2 unspecified atom stereocenters. The monoisotopic (exact) mass is 318 g/mol. The Balaban J connectivity index is 0.00000361. The lowest BCUT2D eigenvalue weighted by Gasteiger charge is -2.27. The van der Waals surface area contributed by atoms with E-state index in [0.29, 0.717) is 0 Å². The van der Waals surface area contributed by atoms with Crippen LogP contribution in [0.15, 0.2) is 24.3 Å². The fourth-order valence-electron chi connectivity index (χ4n) is 2.01. The minimum Gasteiger partial charge on any atom is -0.341 e. The maximum atomic E-state index is 12.1. The lowest BCUT2D eigenvalue weighted by atomic mass is 10.0. The summed E-state index contributed by atoms with van der Waals surface area (Å²) in [5.41, 5.74) is 7.04. The first-order valence-electron chi connectivity index (χ1n) is 6.72. The molecule has 3 nitrogen and oxygen atoms in total. The molecule has 0 aliphatic heterocycles. The van der Waals surface area contributed by atoms with Gasteiger partial charge in [-0.15, -0.1) is 12.4 Å². The third-order valence-electron chi connectivity index (χ3n) is 3.37. The van der Waals surface area contributed by atoms with E-state index in [-0.39, 0.29) is 30.4 Å². The van der Waals surface area contributed by atoms with Gasteiger partial charge in [0, 0.05) is 18.1 Å². The van der Waals surface area contributed by atoms with Gasteiger partial charge in [0.2, 0.25) is 5.91 Å². The Bertz CT molecular complexity index is 409. The lowest BCUT2D eigenvalue weighted by molar-refractivity contribution is -0.133. The van der Waals surface area contributed by atoms with Crippen molar-refractivity contribution in [2.45, 2.75) is 45.2 Å². The van der Waals surface area contributed by atoms with Crippen LogP contribution < -0.4 is 5.73 Å².